The van der Waals surface area contributed by atoms with Crippen molar-refractivity contribution in [1.29, 1.82) is 0 Å². The monoisotopic (exact) mass is 290 g/mol. The quantitative estimate of drug-likeness (QED) is 0.797. The molecular weight excluding hydrogens is 260 g/mol. The molecule has 0 spiro atoms. The highest BCUT2D eigenvalue weighted by atomic mass is 16.5. The number of benzene rings is 1. The lowest BCUT2D eigenvalue weighted by Crippen LogP contribution is -2.39. The molecule has 118 valence electrons. The Bertz CT molecular complexity index is 404. The Labute approximate surface area is 129 Å². The summed E-state index contributed by atoms with van der Waals surface area (Å²) < 4.78 is 5.65. The number of nitrogens with two attached hydrogens (primary N) is 1. The number of hydrogen-bond donors (Lipinski definition) is 1. The predicted molar refractivity (Wildman–Crippen MR) is 88.5 cm³/mol. The molecule has 0 saturated heterocycles. The Balaban J connectivity index is 1.95. The van der Waals surface area contributed by atoms with Crippen molar-refractivity contribution >= 4 is 0 Å². The highest BCUT2D eigenvalue weighted by Crippen LogP contribution is 2.30. The van der Waals surface area contributed by atoms with E-state index in [4.69, 9.17) is 10.5 Å². The molecule has 2 rings (SSSR count). The first-order valence-electron chi connectivity index (χ1n) is 8.44. The summed E-state index contributed by atoms with van der Waals surface area (Å²) in [5.41, 5.74) is 7.30. The van der Waals surface area contributed by atoms with Gasteiger partial charge < -0.3 is 10.5 Å². The van der Waals surface area contributed by atoms with E-state index >= 15 is 0 Å². The lowest BCUT2D eigenvalue weighted by molar-refractivity contribution is 0.162. The molecule has 0 aromatic heterocycles. The van der Waals surface area contributed by atoms with Crippen LogP contribution in [-0.2, 0) is 6.54 Å². The van der Waals surface area contributed by atoms with Gasteiger partial charge in [0.25, 0.3) is 0 Å². The summed E-state index contributed by atoms with van der Waals surface area (Å²) in [6.45, 7) is 8.11. The lowest BCUT2D eigenvalue weighted by Gasteiger charge is -2.31. The van der Waals surface area contributed by atoms with E-state index in [0.717, 1.165) is 38.4 Å². The molecule has 1 aliphatic carbocycles. The van der Waals surface area contributed by atoms with Gasteiger partial charge >= 0.3 is 0 Å². The van der Waals surface area contributed by atoms with Crippen molar-refractivity contribution in [3.63, 3.8) is 0 Å². The first kappa shape index (κ1) is 16.3. The largest absolute Gasteiger partial charge is 0.494 e. The zero-order valence-corrected chi connectivity index (χ0v) is 13.6. The first-order chi connectivity index (χ1) is 10.3. The average Bonchev–Trinajstić information content (AvgIpc) is 3.00. The summed E-state index contributed by atoms with van der Waals surface area (Å²) >= 11 is 0. The number of nitrogens with zero attached hydrogens (tertiary/aromatic N) is 1. The second-order valence-electron chi connectivity index (χ2n) is 6.05. The molecular formula is C18H30N2O. The van der Waals surface area contributed by atoms with Gasteiger partial charge in [0.15, 0.2) is 0 Å². The lowest BCUT2D eigenvalue weighted by atomic mass is 10.0. The van der Waals surface area contributed by atoms with E-state index in [1.165, 1.54) is 24.8 Å². The van der Waals surface area contributed by atoms with E-state index in [2.05, 4.69) is 43.0 Å². The van der Waals surface area contributed by atoms with Crippen LogP contribution >= 0.6 is 0 Å². The van der Waals surface area contributed by atoms with Crippen molar-refractivity contribution in [3.05, 3.63) is 29.8 Å². The Morgan fingerprint density at radius 1 is 1.19 bits per heavy atom. The molecule has 3 heteroatoms. The maximum atomic E-state index is 5.93. The molecule has 2 N–H and O–H groups in total. The standard InChI is InChI=1S/C18H30N2O/c1-3-12-21-17-10-8-15(9-11-17)14-20(4-2)18-7-5-6-16(18)13-19/h8-11,16,18H,3-7,12-14,19H2,1-2H3. The molecule has 1 saturated carbocycles. The summed E-state index contributed by atoms with van der Waals surface area (Å²) in [6, 6.07) is 9.23. The van der Waals surface area contributed by atoms with Gasteiger partial charge in [0, 0.05) is 12.6 Å². The predicted octanol–water partition coefficient (Wildman–Crippen LogP) is 3.42. The fraction of sp³-hybridized carbons (Fsp3) is 0.667. The van der Waals surface area contributed by atoms with Crippen molar-refractivity contribution < 1.29 is 4.74 Å². The summed E-state index contributed by atoms with van der Waals surface area (Å²) in [5, 5.41) is 0. The second kappa shape index (κ2) is 8.40. The molecule has 0 aliphatic heterocycles. The molecule has 3 nitrogen and oxygen atoms in total. The molecule has 2 unspecified atom stereocenters. The summed E-state index contributed by atoms with van der Waals surface area (Å²) in [7, 11) is 0. The van der Waals surface area contributed by atoms with Crippen LogP contribution < -0.4 is 10.5 Å². The molecule has 1 fully saturated rings. The van der Waals surface area contributed by atoms with Crippen LogP contribution in [0.1, 0.15) is 45.1 Å². The highest BCUT2D eigenvalue weighted by molar-refractivity contribution is 5.27. The van der Waals surface area contributed by atoms with E-state index in [9.17, 15) is 0 Å². The van der Waals surface area contributed by atoms with Crippen LogP contribution in [0.15, 0.2) is 24.3 Å². The second-order valence-corrected chi connectivity index (χ2v) is 6.05. The Morgan fingerprint density at radius 2 is 1.95 bits per heavy atom. The molecule has 0 amide bonds. The van der Waals surface area contributed by atoms with Crippen LogP contribution in [0.2, 0.25) is 0 Å². The normalized spacial score (nSPS) is 21.9. The first-order valence-corrected chi connectivity index (χ1v) is 8.44. The van der Waals surface area contributed by atoms with Crippen LogP contribution in [0, 0.1) is 5.92 Å². The van der Waals surface area contributed by atoms with Crippen molar-refractivity contribution in [2.24, 2.45) is 11.7 Å². The minimum atomic E-state index is 0.663. The summed E-state index contributed by atoms with van der Waals surface area (Å²) in [6.07, 6.45) is 4.97. The van der Waals surface area contributed by atoms with Gasteiger partial charge in [-0.25, -0.2) is 0 Å². The summed E-state index contributed by atoms with van der Waals surface area (Å²) in [5.74, 6) is 1.65. The zero-order chi connectivity index (χ0) is 15.1. The van der Waals surface area contributed by atoms with E-state index in [1.807, 2.05) is 0 Å². The molecule has 2 atom stereocenters. The van der Waals surface area contributed by atoms with Crippen molar-refractivity contribution in [2.45, 2.75) is 52.1 Å². The van der Waals surface area contributed by atoms with Crippen LogP contribution in [0.4, 0.5) is 0 Å². The van der Waals surface area contributed by atoms with E-state index < -0.39 is 0 Å². The highest BCUT2D eigenvalue weighted by Gasteiger charge is 2.30. The third-order valence-corrected chi connectivity index (χ3v) is 4.58. The molecule has 0 heterocycles. The van der Waals surface area contributed by atoms with Gasteiger partial charge in [0.1, 0.15) is 5.75 Å². The van der Waals surface area contributed by atoms with Gasteiger partial charge in [-0.15, -0.1) is 0 Å². The van der Waals surface area contributed by atoms with Crippen molar-refractivity contribution in [1.82, 2.24) is 4.90 Å². The van der Waals surface area contributed by atoms with Crippen LogP contribution in [0.3, 0.4) is 0 Å². The molecule has 1 aromatic rings. The molecule has 0 bridgehead atoms. The number of hydrogen-bond acceptors (Lipinski definition) is 3. The van der Waals surface area contributed by atoms with Crippen LogP contribution in [0.5, 0.6) is 5.75 Å². The van der Waals surface area contributed by atoms with E-state index in [1.54, 1.807) is 0 Å². The molecule has 1 aliphatic rings. The fourth-order valence-electron chi connectivity index (χ4n) is 3.38. The van der Waals surface area contributed by atoms with E-state index in [-0.39, 0.29) is 0 Å². The third kappa shape index (κ3) is 4.45. The molecule has 1 aromatic carbocycles. The Morgan fingerprint density at radius 3 is 2.57 bits per heavy atom. The minimum Gasteiger partial charge on any atom is -0.494 e. The smallest absolute Gasteiger partial charge is 0.119 e. The van der Waals surface area contributed by atoms with Gasteiger partial charge in [-0.05, 0) is 56.0 Å². The van der Waals surface area contributed by atoms with Gasteiger partial charge in [-0.1, -0.05) is 32.4 Å². The van der Waals surface area contributed by atoms with Gasteiger partial charge in [-0.2, -0.15) is 0 Å². The number of ether oxygens (including phenoxy) is 1. The number of rotatable bonds is 8. The van der Waals surface area contributed by atoms with Crippen LogP contribution in [-0.4, -0.2) is 30.6 Å². The third-order valence-electron chi connectivity index (χ3n) is 4.58. The van der Waals surface area contributed by atoms with Gasteiger partial charge in [-0.3, -0.25) is 4.90 Å². The van der Waals surface area contributed by atoms with E-state index in [0.29, 0.717) is 12.0 Å². The maximum Gasteiger partial charge on any atom is 0.119 e. The maximum absolute atomic E-state index is 5.93. The topological polar surface area (TPSA) is 38.5 Å². The molecule has 0 radical (unpaired) electrons. The fourth-order valence-corrected chi connectivity index (χ4v) is 3.38. The van der Waals surface area contributed by atoms with Crippen molar-refractivity contribution in [2.75, 3.05) is 19.7 Å². The van der Waals surface area contributed by atoms with Crippen molar-refractivity contribution in [3.8, 4) is 5.75 Å². The van der Waals surface area contributed by atoms with Crippen LogP contribution in [0.25, 0.3) is 0 Å². The zero-order valence-electron chi connectivity index (χ0n) is 13.6. The Hall–Kier alpha value is -1.06. The summed E-state index contributed by atoms with van der Waals surface area (Å²) in [4.78, 5) is 2.59. The minimum absolute atomic E-state index is 0.663. The Kier molecular flexibility index (Phi) is 6.52. The average molecular weight is 290 g/mol. The molecule has 21 heavy (non-hydrogen) atoms. The van der Waals surface area contributed by atoms with Gasteiger partial charge in [0.05, 0.1) is 6.61 Å². The SMILES string of the molecule is CCCOc1ccc(CN(CC)C2CCCC2CN)cc1. The van der Waals surface area contributed by atoms with Gasteiger partial charge in [0.2, 0.25) is 0 Å².